The van der Waals surface area contributed by atoms with E-state index in [9.17, 15) is 4.79 Å². The Labute approximate surface area is 127 Å². The summed E-state index contributed by atoms with van der Waals surface area (Å²) < 4.78 is 0. The maximum absolute atomic E-state index is 12.1. The van der Waals surface area contributed by atoms with Gasteiger partial charge >= 0.3 is 0 Å². The molecule has 0 bridgehead atoms. The average molecular weight is 304 g/mol. The molecule has 0 saturated heterocycles. The molecule has 2 aromatic rings. The number of aromatic amines is 1. The first-order valence-electron chi connectivity index (χ1n) is 7.31. The molecule has 1 fully saturated rings. The van der Waals surface area contributed by atoms with Gasteiger partial charge in [-0.25, -0.2) is 0 Å². The van der Waals surface area contributed by atoms with Crippen molar-refractivity contribution in [2.45, 2.75) is 32.6 Å². The summed E-state index contributed by atoms with van der Waals surface area (Å²) in [7, 11) is 0. The molecule has 1 aliphatic rings. The SMILES string of the molecule is Cc1[nH]ncc1CCCNc1cc(N)c(C(=O)C2CC2)s1. The normalized spacial score (nSPS) is 14.3. The Morgan fingerprint density at radius 1 is 1.57 bits per heavy atom. The van der Waals surface area contributed by atoms with Crippen molar-refractivity contribution in [3.05, 3.63) is 28.4 Å². The lowest BCUT2D eigenvalue weighted by atomic mass is 10.1. The van der Waals surface area contributed by atoms with E-state index >= 15 is 0 Å². The summed E-state index contributed by atoms with van der Waals surface area (Å²) in [4.78, 5) is 12.8. The Bertz CT molecular complexity index is 642. The molecule has 0 atom stereocenters. The molecule has 3 rings (SSSR count). The molecule has 0 aliphatic heterocycles. The number of thiophene rings is 1. The average Bonchev–Trinajstić information content (AvgIpc) is 3.14. The molecule has 1 saturated carbocycles. The number of nitrogens with zero attached hydrogens (tertiary/aromatic N) is 1. The second-order valence-corrected chi connectivity index (χ2v) is 6.64. The van der Waals surface area contributed by atoms with E-state index in [-0.39, 0.29) is 11.7 Å². The standard InChI is InChI=1S/C15H20N4OS/c1-9-11(8-18-19-9)3-2-6-17-13-7-12(16)15(21-13)14(20)10-4-5-10/h7-8,10,17H,2-6,16H2,1H3,(H,18,19). The second kappa shape index (κ2) is 5.89. The number of aryl methyl sites for hydroxylation is 2. The van der Waals surface area contributed by atoms with Crippen molar-refractivity contribution >= 4 is 27.8 Å². The molecule has 21 heavy (non-hydrogen) atoms. The fourth-order valence-electron chi connectivity index (χ4n) is 2.33. The number of carbonyl (C=O) groups is 1. The van der Waals surface area contributed by atoms with Crippen molar-refractivity contribution in [2.75, 3.05) is 17.6 Å². The van der Waals surface area contributed by atoms with Gasteiger partial charge in [-0.05, 0) is 44.2 Å². The smallest absolute Gasteiger partial charge is 0.178 e. The van der Waals surface area contributed by atoms with E-state index in [1.807, 2.05) is 19.2 Å². The Kier molecular flexibility index (Phi) is 3.96. The van der Waals surface area contributed by atoms with Gasteiger partial charge in [0.2, 0.25) is 0 Å². The molecule has 5 nitrogen and oxygen atoms in total. The topological polar surface area (TPSA) is 83.8 Å². The van der Waals surface area contributed by atoms with E-state index in [0.29, 0.717) is 5.69 Å². The number of rotatable bonds is 7. The Balaban J connectivity index is 1.50. The molecule has 0 aromatic carbocycles. The van der Waals surface area contributed by atoms with Gasteiger partial charge in [0.15, 0.2) is 5.78 Å². The van der Waals surface area contributed by atoms with Gasteiger partial charge in [-0.2, -0.15) is 5.10 Å². The number of aromatic nitrogens is 2. The number of ketones is 1. The van der Waals surface area contributed by atoms with Crippen molar-refractivity contribution in [1.29, 1.82) is 0 Å². The highest BCUT2D eigenvalue weighted by atomic mass is 32.1. The minimum absolute atomic E-state index is 0.222. The number of carbonyl (C=O) groups excluding carboxylic acids is 1. The van der Waals surface area contributed by atoms with Crippen molar-refractivity contribution in [2.24, 2.45) is 5.92 Å². The predicted octanol–water partition coefficient (Wildman–Crippen LogP) is 3.00. The van der Waals surface area contributed by atoms with Crippen molar-refractivity contribution < 1.29 is 4.79 Å². The number of Topliss-reactive ketones (excluding diaryl/α,β-unsaturated/α-hetero) is 1. The van der Waals surface area contributed by atoms with Gasteiger partial charge in [-0.15, -0.1) is 11.3 Å². The quantitative estimate of drug-likeness (QED) is 0.542. The summed E-state index contributed by atoms with van der Waals surface area (Å²) in [5.41, 5.74) is 8.95. The third-order valence-corrected chi connectivity index (χ3v) is 4.91. The van der Waals surface area contributed by atoms with Crippen LogP contribution in [-0.2, 0) is 6.42 Å². The van der Waals surface area contributed by atoms with E-state index in [4.69, 9.17) is 5.73 Å². The van der Waals surface area contributed by atoms with Crippen LogP contribution in [0.5, 0.6) is 0 Å². The molecule has 6 heteroatoms. The van der Waals surface area contributed by atoms with Crippen LogP contribution in [0.2, 0.25) is 0 Å². The molecule has 1 aliphatic carbocycles. The minimum atomic E-state index is 0.222. The highest BCUT2D eigenvalue weighted by molar-refractivity contribution is 7.18. The van der Waals surface area contributed by atoms with Crippen molar-refractivity contribution in [3.63, 3.8) is 0 Å². The molecule has 4 N–H and O–H groups in total. The zero-order valence-corrected chi connectivity index (χ0v) is 12.9. The van der Waals surface area contributed by atoms with Crippen LogP contribution in [0.15, 0.2) is 12.3 Å². The van der Waals surface area contributed by atoms with Gasteiger partial charge in [-0.3, -0.25) is 9.89 Å². The van der Waals surface area contributed by atoms with Crippen molar-refractivity contribution in [3.8, 4) is 0 Å². The third-order valence-electron chi connectivity index (χ3n) is 3.79. The number of nitrogen functional groups attached to an aromatic ring is 1. The number of hydrogen-bond acceptors (Lipinski definition) is 5. The Morgan fingerprint density at radius 3 is 3.05 bits per heavy atom. The highest BCUT2D eigenvalue weighted by Crippen LogP contribution is 2.38. The molecular formula is C15H20N4OS. The lowest BCUT2D eigenvalue weighted by Gasteiger charge is -2.02. The monoisotopic (exact) mass is 304 g/mol. The van der Waals surface area contributed by atoms with Crippen LogP contribution in [0.1, 0.15) is 40.2 Å². The Morgan fingerprint density at radius 2 is 2.38 bits per heavy atom. The van der Waals surface area contributed by atoms with Crippen LogP contribution in [0.4, 0.5) is 10.7 Å². The van der Waals surface area contributed by atoms with Gasteiger partial charge in [0.05, 0.1) is 21.8 Å². The van der Waals surface area contributed by atoms with Gasteiger partial charge in [-0.1, -0.05) is 0 Å². The fraction of sp³-hybridized carbons (Fsp3) is 0.467. The molecule has 0 unspecified atom stereocenters. The summed E-state index contributed by atoms with van der Waals surface area (Å²) in [5, 5.41) is 11.3. The number of hydrogen-bond donors (Lipinski definition) is 3. The molecule has 2 heterocycles. The summed E-state index contributed by atoms with van der Waals surface area (Å²) in [6.45, 7) is 2.90. The molecule has 2 aromatic heterocycles. The van der Waals surface area contributed by atoms with E-state index in [2.05, 4.69) is 15.5 Å². The molecule has 0 radical (unpaired) electrons. The van der Waals surface area contributed by atoms with E-state index in [1.54, 1.807) is 0 Å². The summed E-state index contributed by atoms with van der Waals surface area (Å²) in [6, 6.07) is 1.88. The van der Waals surface area contributed by atoms with Crippen LogP contribution in [0, 0.1) is 12.8 Å². The van der Waals surface area contributed by atoms with Gasteiger partial charge < -0.3 is 11.1 Å². The van der Waals surface area contributed by atoms with E-state index in [1.165, 1.54) is 16.9 Å². The van der Waals surface area contributed by atoms with Gasteiger partial charge in [0, 0.05) is 18.2 Å². The first kappa shape index (κ1) is 14.1. The highest BCUT2D eigenvalue weighted by Gasteiger charge is 2.32. The van der Waals surface area contributed by atoms with Gasteiger partial charge in [0.25, 0.3) is 0 Å². The first-order chi connectivity index (χ1) is 10.1. The Hall–Kier alpha value is -1.82. The van der Waals surface area contributed by atoms with Gasteiger partial charge in [0.1, 0.15) is 0 Å². The number of anilines is 2. The van der Waals surface area contributed by atoms with Crippen LogP contribution in [-0.4, -0.2) is 22.5 Å². The summed E-state index contributed by atoms with van der Waals surface area (Å²) in [5.74, 6) is 0.447. The zero-order valence-electron chi connectivity index (χ0n) is 12.1. The van der Waals surface area contributed by atoms with Crippen LogP contribution >= 0.6 is 11.3 Å². The number of nitrogens with one attached hydrogen (secondary N) is 2. The summed E-state index contributed by atoms with van der Waals surface area (Å²) >= 11 is 1.48. The minimum Gasteiger partial charge on any atom is -0.397 e. The van der Waals surface area contributed by atoms with E-state index < -0.39 is 0 Å². The predicted molar refractivity (Wildman–Crippen MR) is 85.9 cm³/mol. The third kappa shape index (κ3) is 3.26. The molecule has 112 valence electrons. The number of nitrogens with two attached hydrogens (primary N) is 1. The largest absolute Gasteiger partial charge is 0.397 e. The maximum atomic E-state index is 12.1. The lowest BCUT2D eigenvalue weighted by Crippen LogP contribution is -2.01. The first-order valence-corrected chi connectivity index (χ1v) is 8.13. The van der Waals surface area contributed by atoms with Crippen LogP contribution in [0.25, 0.3) is 0 Å². The fourth-order valence-corrected chi connectivity index (χ4v) is 3.36. The van der Waals surface area contributed by atoms with Crippen molar-refractivity contribution in [1.82, 2.24) is 10.2 Å². The van der Waals surface area contributed by atoms with Crippen LogP contribution < -0.4 is 11.1 Å². The summed E-state index contributed by atoms with van der Waals surface area (Å²) in [6.07, 6.45) is 5.92. The second-order valence-electron chi connectivity index (χ2n) is 5.58. The maximum Gasteiger partial charge on any atom is 0.178 e. The number of H-pyrrole nitrogens is 1. The van der Waals surface area contributed by atoms with E-state index in [0.717, 1.165) is 47.8 Å². The molecule has 0 spiro atoms. The zero-order chi connectivity index (χ0) is 14.8. The van der Waals surface area contributed by atoms with Crippen LogP contribution in [0.3, 0.4) is 0 Å². The molecular weight excluding hydrogens is 284 g/mol. The lowest BCUT2D eigenvalue weighted by molar-refractivity contribution is 0.0972. The molecule has 0 amide bonds.